The first-order valence-electron chi connectivity index (χ1n) is 11.1. The Bertz CT molecular complexity index is 921. The van der Waals surface area contributed by atoms with E-state index < -0.39 is 5.60 Å². The normalized spacial score (nSPS) is 22.7. The summed E-state index contributed by atoms with van der Waals surface area (Å²) in [6, 6.07) is 0.549. The standard InChI is InChI=1S/C22H31ClN6O3/c1-21(2,3)32-20(30)29-13-22(14-29)8-10-28(12-22)18-16(24-4)17(23)25-19(26-18)31-11-15-7-6-9-27(15)5/h15H,6-14H2,1-3,5H3. The van der Waals surface area contributed by atoms with E-state index in [2.05, 4.69) is 31.7 Å². The summed E-state index contributed by atoms with van der Waals surface area (Å²) in [6.07, 6.45) is 2.87. The Hall–Kier alpha value is -2.31. The SMILES string of the molecule is [C-]#[N+]c1c(Cl)nc(OCC2CCCN2C)nc1N1CCC2(CN(C(=O)OC(C)(C)C)C2)C1. The van der Waals surface area contributed by atoms with Crippen LogP contribution in [0.5, 0.6) is 6.01 Å². The zero-order valence-corrected chi connectivity index (χ0v) is 20.0. The van der Waals surface area contributed by atoms with Gasteiger partial charge in [-0.05, 0) is 53.6 Å². The maximum atomic E-state index is 12.3. The molecule has 1 aromatic heterocycles. The minimum atomic E-state index is -0.506. The van der Waals surface area contributed by atoms with Crippen LogP contribution in [0.1, 0.15) is 40.0 Å². The number of anilines is 1. The summed E-state index contributed by atoms with van der Waals surface area (Å²) in [6.45, 7) is 17.5. The molecule has 1 spiro atoms. The summed E-state index contributed by atoms with van der Waals surface area (Å²) in [5, 5.41) is 0.115. The van der Waals surface area contributed by atoms with Gasteiger partial charge < -0.3 is 24.2 Å². The molecule has 0 aliphatic carbocycles. The number of hydrogen-bond donors (Lipinski definition) is 0. The molecule has 0 radical (unpaired) electrons. The molecule has 0 aromatic carbocycles. The number of amides is 1. The predicted molar refractivity (Wildman–Crippen MR) is 122 cm³/mol. The van der Waals surface area contributed by atoms with Gasteiger partial charge in [-0.15, -0.1) is 0 Å². The van der Waals surface area contributed by atoms with Gasteiger partial charge in [0.1, 0.15) is 23.2 Å². The molecule has 0 N–H and O–H groups in total. The van der Waals surface area contributed by atoms with E-state index in [0.29, 0.717) is 38.1 Å². The summed E-state index contributed by atoms with van der Waals surface area (Å²) in [7, 11) is 2.09. The highest BCUT2D eigenvalue weighted by atomic mass is 35.5. The monoisotopic (exact) mass is 462 g/mol. The fraction of sp³-hybridized carbons (Fsp3) is 0.727. The fourth-order valence-electron chi connectivity index (χ4n) is 4.73. The maximum Gasteiger partial charge on any atom is 0.410 e. The van der Waals surface area contributed by atoms with Crippen molar-refractivity contribution in [2.45, 2.75) is 51.7 Å². The molecule has 1 unspecified atom stereocenters. The van der Waals surface area contributed by atoms with Crippen molar-refractivity contribution >= 4 is 29.2 Å². The van der Waals surface area contributed by atoms with Gasteiger partial charge in [-0.3, -0.25) is 0 Å². The lowest BCUT2D eigenvalue weighted by Crippen LogP contribution is -2.60. The van der Waals surface area contributed by atoms with Gasteiger partial charge in [-0.2, -0.15) is 9.97 Å². The van der Waals surface area contributed by atoms with Crippen molar-refractivity contribution in [2.24, 2.45) is 5.41 Å². The summed E-state index contributed by atoms with van der Waals surface area (Å²) in [5.41, 5.74) is -0.272. The maximum absolute atomic E-state index is 12.3. The molecule has 174 valence electrons. The lowest BCUT2D eigenvalue weighted by molar-refractivity contribution is -0.0266. The Labute approximate surface area is 194 Å². The van der Waals surface area contributed by atoms with Crippen LogP contribution in [-0.2, 0) is 4.74 Å². The molecule has 3 saturated heterocycles. The Kier molecular flexibility index (Phi) is 6.12. The molecule has 0 bridgehead atoms. The topological polar surface area (TPSA) is 75.4 Å². The smallest absolute Gasteiger partial charge is 0.410 e. The molecule has 4 heterocycles. The van der Waals surface area contributed by atoms with Crippen LogP contribution in [0.4, 0.5) is 16.3 Å². The largest absolute Gasteiger partial charge is 0.462 e. The molecular formula is C22H31ClN6O3. The van der Waals surface area contributed by atoms with Crippen LogP contribution in [0.3, 0.4) is 0 Å². The fourth-order valence-corrected chi connectivity index (χ4v) is 4.93. The van der Waals surface area contributed by atoms with Crippen molar-refractivity contribution in [3.8, 4) is 6.01 Å². The van der Waals surface area contributed by atoms with Crippen molar-refractivity contribution in [2.75, 3.05) is 51.3 Å². The van der Waals surface area contributed by atoms with Crippen LogP contribution < -0.4 is 9.64 Å². The van der Waals surface area contributed by atoms with E-state index in [1.54, 1.807) is 4.90 Å². The van der Waals surface area contributed by atoms with Gasteiger partial charge in [0.2, 0.25) is 0 Å². The molecule has 1 atom stereocenters. The minimum absolute atomic E-state index is 0.0127. The lowest BCUT2D eigenvalue weighted by Gasteiger charge is -2.47. The number of likely N-dealkylation sites (tertiary alicyclic amines) is 2. The van der Waals surface area contributed by atoms with Crippen molar-refractivity contribution in [1.82, 2.24) is 19.8 Å². The second kappa shape index (κ2) is 8.56. The van der Waals surface area contributed by atoms with Crippen LogP contribution in [0.15, 0.2) is 0 Å². The van der Waals surface area contributed by atoms with Crippen molar-refractivity contribution in [3.63, 3.8) is 0 Å². The number of likely N-dealkylation sites (N-methyl/N-ethyl adjacent to an activating group) is 1. The van der Waals surface area contributed by atoms with E-state index in [4.69, 9.17) is 27.6 Å². The number of carbonyl (C=O) groups excluding carboxylic acids is 1. The second-order valence-corrected chi connectivity index (χ2v) is 10.5. The van der Waals surface area contributed by atoms with Gasteiger partial charge in [0.05, 0.1) is 6.57 Å². The molecule has 32 heavy (non-hydrogen) atoms. The van der Waals surface area contributed by atoms with Gasteiger partial charge in [0.25, 0.3) is 5.69 Å². The number of nitrogens with zero attached hydrogens (tertiary/aromatic N) is 6. The van der Waals surface area contributed by atoms with Crippen molar-refractivity contribution in [1.29, 1.82) is 0 Å². The number of halogens is 1. The van der Waals surface area contributed by atoms with E-state index in [9.17, 15) is 4.79 Å². The third-order valence-electron chi connectivity index (χ3n) is 6.43. The van der Waals surface area contributed by atoms with Crippen molar-refractivity contribution < 1.29 is 14.3 Å². The average Bonchev–Trinajstić information content (AvgIpc) is 3.30. The van der Waals surface area contributed by atoms with Gasteiger partial charge in [-0.1, -0.05) is 11.6 Å². The summed E-state index contributed by atoms with van der Waals surface area (Å²) in [5.74, 6) is 0.516. The summed E-state index contributed by atoms with van der Waals surface area (Å²) in [4.78, 5) is 30.8. The molecule has 4 rings (SSSR count). The van der Waals surface area contributed by atoms with E-state index in [0.717, 1.165) is 32.4 Å². The van der Waals surface area contributed by atoms with Crippen molar-refractivity contribution in [3.05, 3.63) is 16.6 Å². The minimum Gasteiger partial charge on any atom is -0.462 e. The Morgan fingerprint density at radius 3 is 2.66 bits per heavy atom. The first kappa shape index (κ1) is 22.9. The van der Waals surface area contributed by atoms with Crippen LogP contribution in [-0.4, -0.2) is 83.9 Å². The van der Waals surface area contributed by atoms with Crippen LogP contribution >= 0.6 is 11.6 Å². The summed E-state index contributed by atoms with van der Waals surface area (Å²) >= 11 is 6.33. The molecule has 1 amide bonds. The van der Waals surface area contributed by atoms with Gasteiger partial charge >= 0.3 is 12.1 Å². The number of carbonyl (C=O) groups is 1. The molecule has 3 aliphatic rings. The Morgan fingerprint density at radius 2 is 2.03 bits per heavy atom. The van der Waals surface area contributed by atoms with E-state index in [-0.39, 0.29) is 28.4 Å². The first-order chi connectivity index (χ1) is 15.1. The Morgan fingerprint density at radius 1 is 1.28 bits per heavy atom. The quantitative estimate of drug-likeness (QED) is 0.499. The molecule has 9 nitrogen and oxygen atoms in total. The molecule has 3 aliphatic heterocycles. The second-order valence-electron chi connectivity index (χ2n) is 10.2. The molecule has 0 saturated carbocycles. The van der Waals surface area contributed by atoms with Crippen LogP contribution in [0.25, 0.3) is 4.85 Å². The highest BCUT2D eigenvalue weighted by Crippen LogP contribution is 2.44. The Balaban J connectivity index is 1.43. The third-order valence-corrected chi connectivity index (χ3v) is 6.70. The zero-order chi connectivity index (χ0) is 23.1. The van der Waals surface area contributed by atoms with Gasteiger partial charge in [0, 0.05) is 37.6 Å². The molecule has 1 aromatic rings. The van der Waals surface area contributed by atoms with Crippen LogP contribution in [0.2, 0.25) is 5.15 Å². The molecular weight excluding hydrogens is 432 g/mol. The van der Waals surface area contributed by atoms with E-state index in [1.807, 2.05) is 20.8 Å². The number of aromatic nitrogens is 2. The third kappa shape index (κ3) is 4.71. The van der Waals surface area contributed by atoms with Crippen LogP contribution in [0, 0.1) is 12.0 Å². The number of ether oxygens (including phenoxy) is 2. The average molecular weight is 463 g/mol. The molecule has 10 heteroatoms. The van der Waals surface area contributed by atoms with E-state index >= 15 is 0 Å². The van der Waals surface area contributed by atoms with E-state index in [1.165, 1.54) is 0 Å². The highest BCUT2D eigenvalue weighted by molar-refractivity contribution is 6.32. The van der Waals surface area contributed by atoms with Gasteiger partial charge in [0.15, 0.2) is 0 Å². The first-order valence-corrected chi connectivity index (χ1v) is 11.5. The number of hydrogen-bond acceptors (Lipinski definition) is 7. The summed E-state index contributed by atoms with van der Waals surface area (Å²) < 4.78 is 11.4. The zero-order valence-electron chi connectivity index (χ0n) is 19.2. The number of rotatable bonds is 4. The van der Waals surface area contributed by atoms with Gasteiger partial charge in [-0.25, -0.2) is 9.64 Å². The molecule has 3 fully saturated rings. The lowest BCUT2D eigenvalue weighted by atomic mass is 9.79. The predicted octanol–water partition coefficient (Wildman–Crippen LogP) is 3.60. The highest BCUT2D eigenvalue weighted by Gasteiger charge is 2.51.